The lowest BCUT2D eigenvalue weighted by Crippen LogP contribution is -2.38. The van der Waals surface area contributed by atoms with Crippen LogP contribution in [0.2, 0.25) is 0 Å². The normalized spacial score (nSPS) is 13.6. The van der Waals surface area contributed by atoms with Crippen LogP contribution >= 0.6 is 0 Å². The second kappa shape index (κ2) is 8.52. The van der Waals surface area contributed by atoms with Gasteiger partial charge in [0.15, 0.2) is 0 Å². The molecule has 0 aliphatic carbocycles. The minimum Gasteiger partial charge on any atom is -0.315 e. The van der Waals surface area contributed by atoms with Crippen molar-refractivity contribution in [3.8, 4) is 0 Å². The van der Waals surface area contributed by atoms with Gasteiger partial charge in [-0.1, -0.05) is 26.7 Å². The zero-order valence-corrected chi connectivity index (χ0v) is 9.77. The third-order valence-corrected chi connectivity index (χ3v) is 2.56. The molecule has 1 unspecified atom stereocenters. The average molecular weight is 186 g/mol. The Kier molecular flexibility index (Phi) is 8.46. The summed E-state index contributed by atoms with van der Waals surface area (Å²) in [6.07, 6.45) is 4.01. The number of nitrogens with zero attached hydrogens (tertiary/aromatic N) is 1. The first-order valence-electron chi connectivity index (χ1n) is 5.63. The third-order valence-electron chi connectivity index (χ3n) is 2.56. The fourth-order valence-electron chi connectivity index (χ4n) is 1.34. The van der Waals surface area contributed by atoms with E-state index in [9.17, 15) is 0 Å². The maximum absolute atomic E-state index is 3.38. The summed E-state index contributed by atoms with van der Waals surface area (Å²) in [5, 5.41) is 3.38. The highest BCUT2D eigenvalue weighted by Gasteiger charge is 2.06. The van der Waals surface area contributed by atoms with Crippen molar-refractivity contribution in [2.75, 3.05) is 26.7 Å². The van der Waals surface area contributed by atoms with Crippen molar-refractivity contribution in [2.45, 2.75) is 46.1 Å². The van der Waals surface area contributed by atoms with E-state index in [1.165, 1.54) is 25.8 Å². The molecular weight excluding hydrogens is 160 g/mol. The monoisotopic (exact) mass is 186 g/mol. The van der Waals surface area contributed by atoms with Gasteiger partial charge in [-0.25, -0.2) is 0 Å². The number of nitrogens with one attached hydrogen (secondary N) is 1. The van der Waals surface area contributed by atoms with E-state index in [1.54, 1.807) is 0 Å². The standard InChI is InChI=1S/C11H26N2/c1-5-7-8-9-13(4)11(3)10-12-6-2/h11-12H,5-10H2,1-4H3. The van der Waals surface area contributed by atoms with Gasteiger partial charge in [0.25, 0.3) is 0 Å². The number of rotatable bonds is 8. The first-order valence-corrected chi connectivity index (χ1v) is 5.63. The predicted molar refractivity (Wildman–Crippen MR) is 60.2 cm³/mol. The fraction of sp³-hybridized carbons (Fsp3) is 1.00. The fourth-order valence-corrected chi connectivity index (χ4v) is 1.34. The van der Waals surface area contributed by atoms with Crippen molar-refractivity contribution >= 4 is 0 Å². The van der Waals surface area contributed by atoms with Crippen LogP contribution < -0.4 is 5.32 Å². The minimum atomic E-state index is 0.664. The molecule has 0 aromatic heterocycles. The maximum Gasteiger partial charge on any atom is 0.0189 e. The molecule has 0 rings (SSSR count). The van der Waals surface area contributed by atoms with Crippen molar-refractivity contribution < 1.29 is 0 Å². The molecule has 0 radical (unpaired) electrons. The number of hydrogen-bond donors (Lipinski definition) is 1. The Labute approximate surface area is 83.7 Å². The van der Waals surface area contributed by atoms with Crippen LogP contribution in [-0.2, 0) is 0 Å². The van der Waals surface area contributed by atoms with Crippen LogP contribution in [0, 0.1) is 0 Å². The van der Waals surface area contributed by atoms with E-state index in [2.05, 4.69) is 38.0 Å². The second-order valence-electron chi connectivity index (χ2n) is 3.84. The van der Waals surface area contributed by atoms with Gasteiger partial charge in [-0.2, -0.15) is 0 Å². The lowest BCUT2D eigenvalue weighted by molar-refractivity contribution is 0.247. The molecule has 13 heavy (non-hydrogen) atoms. The van der Waals surface area contributed by atoms with Crippen LogP contribution in [0.5, 0.6) is 0 Å². The highest BCUT2D eigenvalue weighted by atomic mass is 15.1. The molecular formula is C11H26N2. The Hall–Kier alpha value is -0.0800. The van der Waals surface area contributed by atoms with Gasteiger partial charge in [0.2, 0.25) is 0 Å². The minimum absolute atomic E-state index is 0.664. The molecule has 0 aliphatic heterocycles. The van der Waals surface area contributed by atoms with Crippen molar-refractivity contribution in [1.82, 2.24) is 10.2 Å². The molecule has 0 aromatic rings. The quantitative estimate of drug-likeness (QED) is 0.584. The largest absolute Gasteiger partial charge is 0.315 e. The summed E-state index contributed by atoms with van der Waals surface area (Å²) in [6.45, 7) is 10.1. The molecule has 80 valence electrons. The molecule has 0 aromatic carbocycles. The van der Waals surface area contributed by atoms with E-state index in [0.717, 1.165) is 13.1 Å². The maximum atomic E-state index is 3.38. The van der Waals surface area contributed by atoms with Gasteiger partial charge in [-0.15, -0.1) is 0 Å². The first-order chi connectivity index (χ1) is 6.22. The Morgan fingerprint density at radius 1 is 1.23 bits per heavy atom. The molecule has 0 amide bonds. The van der Waals surface area contributed by atoms with Crippen LogP contribution in [-0.4, -0.2) is 37.6 Å². The summed E-state index contributed by atoms with van der Waals surface area (Å²) in [7, 11) is 2.22. The van der Waals surface area contributed by atoms with Crippen molar-refractivity contribution in [1.29, 1.82) is 0 Å². The average Bonchev–Trinajstić information content (AvgIpc) is 2.14. The van der Waals surface area contributed by atoms with Gasteiger partial charge in [0, 0.05) is 12.6 Å². The summed E-state index contributed by atoms with van der Waals surface area (Å²) in [6, 6.07) is 0.664. The van der Waals surface area contributed by atoms with E-state index in [4.69, 9.17) is 0 Å². The molecule has 0 spiro atoms. The summed E-state index contributed by atoms with van der Waals surface area (Å²) < 4.78 is 0. The topological polar surface area (TPSA) is 15.3 Å². The molecule has 0 saturated carbocycles. The highest BCUT2D eigenvalue weighted by molar-refractivity contribution is 4.65. The van der Waals surface area contributed by atoms with Gasteiger partial charge >= 0.3 is 0 Å². The molecule has 0 fully saturated rings. The van der Waals surface area contributed by atoms with Gasteiger partial charge in [0.05, 0.1) is 0 Å². The molecule has 1 atom stereocenters. The Morgan fingerprint density at radius 3 is 2.46 bits per heavy atom. The van der Waals surface area contributed by atoms with E-state index in [1.807, 2.05) is 0 Å². The molecule has 0 aliphatic rings. The lowest BCUT2D eigenvalue weighted by Gasteiger charge is -2.24. The van der Waals surface area contributed by atoms with Gasteiger partial charge in [0.1, 0.15) is 0 Å². The van der Waals surface area contributed by atoms with E-state index in [-0.39, 0.29) is 0 Å². The summed E-state index contributed by atoms with van der Waals surface area (Å²) in [5.74, 6) is 0. The Morgan fingerprint density at radius 2 is 1.92 bits per heavy atom. The van der Waals surface area contributed by atoms with Gasteiger partial charge in [-0.05, 0) is 33.5 Å². The van der Waals surface area contributed by atoms with Crippen LogP contribution in [0.15, 0.2) is 0 Å². The van der Waals surface area contributed by atoms with Crippen LogP contribution in [0.25, 0.3) is 0 Å². The van der Waals surface area contributed by atoms with Crippen molar-refractivity contribution in [2.24, 2.45) is 0 Å². The summed E-state index contributed by atoms with van der Waals surface area (Å²) >= 11 is 0. The smallest absolute Gasteiger partial charge is 0.0189 e. The lowest BCUT2D eigenvalue weighted by atomic mass is 10.2. The van der Waals surface area contributed by atoms with E-state index in [0.29, 0.717) is 6.04 Å². The Balaban J connectivity index is 3.38. The number of hydrogen-bond acceptors (Lipinski definition) is 2. The summed E-state index contributed by atoms with van der Waals surface area (Å²) in [5.41, 5.74) is 0. The van der Waals surface area contributed by atoms with Crippen LogP contribution in [0.1, 0.15) is 40.0 Å². The highest BCUT2D eigenvalue weighted by Crippen LogP contribution is 1.99. The SMILES string of the molecule is CCCCCN(C)C(C)CNCC. The third kappa shape index (κ3) is 7.03. The Bertz CT molecular complexity index is 104. The second-order valence-corrected chi connectivity index (χ2v) is 3.84. The number of likely N-dealkylation sites (N-methyl/N-ethyl adjacent to an activating group) is 2. The first kappa shape index (κ1) is 12.9. The summed E-state index contributed by atoms with van der Waals surface area (Å²) in [4.78, 5) is 2.44. The van der Waals surface area contributed by atoms with Gasteiger partial charge < -0.3 is 10.2 Å². The molecule has 0 saturated heterocycles. The molecule has 0 heterocycles. The molecule has 1 N–H and O–H groups in total. The van der Waals surface area contributed by atoms with Crippen molar-refractivity contribution in [3.63, 3.8) is 0 Å². The predicted octanol–water partition coefficient (Wildman–Crippen LogP) is 2.11. The zero-order chi connectivity index (χ0) is 10.1. The van der Waals surface area contributed by atoms with E-state index >= 15 is 0 Å². The van der Waals surface area contributed by atoms with Crippen molar-refractivity contribution in [3.05, 3.63) is 0 Å². The molecule has 2 nitrogen and oxygen atoms in total. The van der Waals surface area contributed by atoms with Gasteiger partial charge in [-0.3, -0.25) is 0 Å². The van der Waals surface area contributed by atoms with E-state index < -0.39 is 0 Å². The number of unbranched alkanes of at least 4 members (excludes halogenated alkanes) is 2. The zero-order valence-electron chi connectivity index (χ0n) is 9.77. The van der Waals surface area contributed by atoms with Crippen LogP contribution in [0.3, 0.4) is 0 Å². The van der Waals surface area contributed by atoms with Crippen LogP contribution in [0.4, 0.5) is 0 Å². The molecule has 0 bridgehead atoms. The molecule has 2 heteroatoms.